The van der Waals surface area contributed by atoms with Crippen molar-refractivity contribution in [1.82, 2.24) is 20.1 Å². The normalized spacial score (nSPS) is 11.5. The molecule has 10 nitrogen and oxygen atoms in total. The maximum absolute atomic E-state index is 12.1. The third-order valence-electron chi connectivity index (χ3n) is 4.79. The van der Waals surface area contributed by atoms with Crippen molar-refractivity contribution in [3.8, 4) is 0 Å². The van der Waals surface area contributed by atoms with Gasteiger partial charge in [0.25, 0.3) is 20.0 Å². The van der Waals surface area contributed by atoms with Crippen molar-refractivity contribution in [3.63, 3.8) is 0 Å². The number of carbonyl (C=O) groups is 2. The van der Waals surface area contributed by atoms with Crippen LogP contribution < -0.4 is 20.1 Å². The maximum Gasteiger partial charge on any atom is 0.328 e. The fourth-order valence-electron chi connectivity index (χ4n) is 2.88. The number of carbonyl (C=O) groups excluding carboxylic acids is 2. The molecule has 12 heteroatoms. The minimum atomic E-state index is -3.92. The summed E-state index contributed by atoms with van der Waals surface area (Å²) in [6.07, 6.45) is 2.70. The highest BCUT2D eigenvalue weighted by Gasteiger charge is 2.18. The lowest BCUT2D eigenvalue weighted by Crippen LogP contribution is -2.40. The zero-order valence-electron chi connectivity index (χ0n) is 19.1. The van der Waals surface area contributed by atoms with E-state index in [1.54, 1.807) is 24.3 Å². The van der Waals surface area contributed by atoms with Crippen LogP contribution in [0.2, 0.25) is 0 Å². The first kappa shape index (κ1) is 27.1. The number of benzene rings is 2. The molecule has 4 amide bonds. The molecule has 0 spiro atoms. The number of rotatable bonds is 11. The van der Waals surface area contributed by atoms with Gasteiger partial charge in [-0.3, -0.25) is 0 Å². The summed E-state index contributed by atoms with van der Waals surface area (Å²) < 4.78 is 52.5. The molecule has 0 fully saturated rings. The second-order valence-electron chi connectivity index (χ2n) is 7.76. The topological polar surface area (TPSA) is 151 Å². The molecule has 0 radical (unpaired) electrons. The second kappa shape index (κ2) is 12.4. The maximum atomic E-state index is 12.1. The van der Waals surface area contributed by atoms with E-state index < -0.39 is 32.1 Å². The molecule has 0 aromatic heterocycles. The molecule has 34 heavy (non-hydrogen) atoms. The molecule has 0 atom stereocenters. The van der Waals surface area contributed by atoms with Gasteiger partial charge in [-0.15, -0.1) is 0 Å². The first-order valence-electron chi connectivity index (χ1n) is 10.7. The Morgan fingerprint density at radius 3 is 1.24 bits per heavy atom. The molecule has 0 bridgehead atoms. The van der Waals surface area contributed by atoms with Gasteiger partial charge in [0, 0.05) is 13.1 Å². The SMILES string of the molecule is Cc1ccc(S(=O)(=O)NC(=O)NCCCCCCNC(=O)NS(=O)(=O)c2ccc(C)cc2)cc1. The molecule has 0 aliphatic heterocycles. The van der Waals surface area contributed by atoms with E-state index in [1.165, 1.54) is 24.3 Å². The monoisotopic (exact) mass is 510 g/mol. The zero-order chi connectivity index (χ0) is 25.2. The van der Waals surface area contributed by atoms with E-state index in [1.807, 2.05) is 23.3 Å². The highest BCUT2D eigenvalue weighted by atomic mass is 32.2. The Kier molecular flexibility index (Phi) is 9.87. The second-order valence-corrected chi connectivity index (χ2v) is 11.1. The fourth-order valence-corrected chi connectivity index (χ4v) is 4.73. The van der Waals surface area contributed by atoms with Crippen LogP contribution in [-0.2, 0) is 20.0 Å². The molecule has 0 aliphatic rings. The van der Waals surface area contributed by atoms with Gasteiger partial charge in [0.2, 0.25) is 0 Å². The van der Waals surface area contributed by atoms with Crippen LogP contribution in [0.25, 0.3) is 0 Å². The number of unbranched alkanes of at least 4 members (excludes halogenated alkanes) is 3. The first-order valence-corrected chi connectivity index (χ1v) is 13.7. The molecule has 0 heterocycles. The first-order chi connectivity index (χ1) is 16.0. The fraction of sp³-hybridized carbons (Fsp3) is 0.364. The number of aryl methyl sites for hydroxylation is 2. The Morgan fingerprint density at radius 2 is 0.912 bits per heavy atom. The molecule has 186 valence electrons. The van der Waals surface area contributed by atoms with Crippen LogP contribution >= 0.6 is 0 Å². The lowest BCUT2D eigenvalue weighted by molar-refractivity contribution is 0.244. The van der Waals surface area contributed by atoms with E-state index in [2.05, 4.69) is 10.6 Å². The van der Waals surface area contributed by atoms with Gasteiger partial charge in [-0.2, -0.15) is 0 Å². The van der Waals surface area contributed by atoms with Gasteiger partial charge in [0.15, 0.2) is 0 Å². The van der Waals surface area contributed by atoms with Crippen molar-refractivity contribution in [2.45, 2.75) is 49.3 Å². The van der Waals surface area contributed by atoms with Crippen LogP contribution in [0.4, 0.5) is 9.59 Å². The molecule has 2 rings (SSSR count). The van der Waals surface area contributed by atoms with Gasteiger partial charge < -0.3 is 10.6 Å². The molecule has 0 saturated carbocycles. The van der Waals surface area contributed by atoms with E-state index in [4.69, 9.17) is 0 Å². The van der Waals surface area contributed by atoms with Crippen LogP contribution in [0.5, 0.6) is 0 Å². The average molecular weight is 511 g/mol. The quantitative estimate of drug-likeness (QED) is 0.341. The van der Waals surface area contributed by atoms with Crippen molar-refractivity contribution in [2.24, 2.45) is 0 Å². The van der Waals surface area contributed by atoms with Crippen molar-refractivity contribution >= 4 is 32.1 Å². The zero-order valence-corrected chi connectivity index (χ0v) is 20.8. The van der Waals surface area contributed by atoms with Gasteiger partial charge >= 0.3 is 12.1 Å². The average Bonchev–Trinajstić information content (AvgIpc) is 2.75. The Morgan fingerprint density at radius 1 is 0.588 bits per heavy atom. The van der Waals surface area contributed by atoms with Gasteiger partial charge in [-0.05, 0) is 51.0 Å². The summed E-state index contributed by atoms with van der Waals surface area (Å²) >= 11 is 0. The summed E-state index contributed by atoms with van der Waals surface area (Å²) in [5.74, 6) is 0. The van der Waals surface area contributed by atoms with Gasteiger partial charge in [-0.1, -0.05) is 48.2 Å². The standard InChI is InChI=1S/C22H30N4O6S2/c1-17-7-11-19(12-8-17)33(29,30)25-21(27)23-15-5-3-4-6-16-24-22(28)26-34(31,32)20-13-9-18(2)10-14-20/h7-14H,3-6,15-16H2,1-2H3,(H2,23,25,27)(H2,24,26,28). The summed E-state index contributed by atoms with van der Waals surface area (Å²) in [5, 5.41) is 5.00. The number of urea groups is 2. The number of amides is 4. The number of nitrogens with one attached hydrogen (secondary N) is 4. The highest BCUT2D eigenvalue weighted by molar-refractivity contribution is 7.90. The van der Waals surface area contributed by atoms with Crippen LogP contribution in [0.1, 0.15) is 36.8 Å². The molecule has 0 aliphatic carbocycles. The van der Waals surface area contributed by atoms with E-state index in [0.717, 1.165) is 24.0 Å². The lowest BCUT2D eigenvalue weighted by Gasteiger charge is -2.10. The summed E-state index contributed by atoms with van der Waals surface area (Å²) in [4.78, 5) is 23.7. The van der Waals surface area contributed by atoms with Crippen LogP contribution in [0.3, 0.4) is 0 Å². The molecular weight excluding hydrogens is 480 g/mol. The van der Waals surface area contributed by atoms with Crippen molar-refractivity contribution in [1.29, 1.82) is 0 Å². The Hall–Kier alpha value is -3.12. The largest absolute Gasteiger partial charge is 0.337 e. The van der Waals surface area contributed by atoms with Gasteiger partial charge in [0.05, 0.1) is 9.79 Å². The van der Waals surface area contributed by atoms with E-state index in [0.29, 0.717) is 12.8 Å². The Labute approximate surface area is 200 Å². The van der Waals surface area contributed by atoms with Crippen LogP contribution in [0, 0.1) is 13.8 Å². The molecule has 0 unspecified atom stereocenters. The molecule has 2 aromatic carbocycles. The minimum absolute atomic E-state index is 0.0106. The molecular formula is C22H30N4O6S2. The summed E-state index contributed by atoms with van der Waals surface area (Å²) in [6.45, 7) is 4.24. The summed E-state index contributed by atoms with van der Waals surface area (Å²) in [6, 6.07) is 10.7. The van der Waals surface area contributed by atoms with Crippen molar-refractivity contribution in [2.75, 3.05) is 13.1 Å². The summed E-state index contributed by atoms with van der Waals surface area (Å²) in [5.41, 5.74) is 1.82. The van der Waals surface area contributed by atoms with Gasteiger partial charge in [0.1, 0.15) is 0 Å². The van der Waals surface area contributed by atoms with Crippen LogP contribution in [0.15, 0.2) is 58.3 Å². The molecule has 2 aromatic rings. The van der Waals surface area contributed by atoms with Crippen LogP contribution in [-0.4, -0.2) is 42.0 Å². The number of hydrogen-bond acceptors (Lipinski definition) is 6. The predicted octanol–water partition coefficient (Wildman–Crippen LogP) is 2.54. The van der Waals surface area contributed by atoms with Crippen molar-refractivity contribution in [3.05, 3.63) is 59.7 Å². The third-order valence-corrected chi connectivity index (χ3v) is 7.49. The lowest BCUT2D eigenvalue weighted by atomic mass is 10.2. The Balaban J connectivity index is 1.57. The minimum Gasteiger partial charge on any atom is -0.337 e. The third kappa shape index (κ3) is 9.02. The number of hydrogen-bond donors (Lipinski definition) is 4. The molecule has 0 saturated heterocycles. The molecule has 4 N–H and O–H groups in total. The van der Waals surface area contributed by atoms with E-state index in [9.17, 15) is 26.4 Å². The van der Waals surface area contributed by atoms with E-state index in [-0.39, 0.29) is 22.9 Å². The number of sulfonamides is 2. The Bertz CT molecular complexity index is 1080. The van der Waals surface area contributed by atoms with Gasteiger partial charge in [-0.25, -0.2) is 35.9 Å². The van der Waals surface area contributed by atoms with Crippen molar-refractivity contribution < 1.29 is 26.4 Å². The van der Waals surface area contributed by atoms with E-state index >= 15 is 0 Å². The summed E-state index contributed by atoms with van der Waals surface area (Å²) in [7, 11) is -7.85. The smallest absolute Gasteiger partial charge is 0.328 e. The highest BCUT2D eigenvalue weighted by Crippen LogP contribution is 2.10. The predicted molar refractivity (Wildman–Crippen MR) is 128 cm³/mol.